The molecule has 194 valence electrons. The number of nitrogens with one attached hydrogen (secondary N) is 1. The van der Waals surface area contributed by atoms with E-state index in [0.717, 1.165) is 42.9 Å². The molecular formula is C30H41N3O3. The number of ether oxygens (including phenoxy) is 1. The number of rotatable bonds is 6. The van der Waals surface area contributed by atoms with E-state index >= 15 is 0 Å². The zero-order valence-electron chi connectivity index (χ0n) is 22.2. The SMILES string of the molecule is COC(=O)/C=C/c1cccc(NC(=O)C2CCCCC2)c1.C[C@@H]1CCN(c2ccc(N(C)C)cc2)C1. The molecule has 2 fully saturated rings. The van der Waals surface area contributed by atoms with E-state index in [9.17, 15) is 9.59 Å². The molecule has 1 atom stereocenters. The third-order valence-corrected chi connectivity index (χ3v) is 6.90. The molecule has 1 N–H and O–H groups in total. The van der Waals surface area contributed by atoms with Crippen LogP contribution in [0.1, 0.15) is 51.0 Å². The molecule has 0 bridgehead atoms. The van der Waals surface area contributed by atoms with Crippen molar-refractivity contribution in [3.05, 3.63) is 60.2 Å². The number of carbonyl (C=O) groups excluding carboxylic acids is 2. The van der Waals surface area contributed by atoms with Crippen molar-refractivity contribution in [1.29, 1.82) is 0 Å². The van der Waals surface area contributed by atoms with Gasteiger partial charge in [0.15, 0.2) is 0 Å². The second-order valence-corrected chi connectivity index (χ2v) is 10.1. The number of hydrogen-bond donors (Lipinski definition) is 1. The first-order chi connectivity index (χ1) is 17.4. The molecule has 4 rings (SSSR count). The van der Waals surface area contributed by atoms with Crippen LogP contribution >= 0.6 is 0 Å². The third-order valence-electron chi connectivity index (χ3n) is 6.90. The van der Waals surface area contributed by atoms with Crippen molar-refractivity contribution in [3.63, 3.8) is 0 Å². The Morgan fingerprint density at radius 3 is 2.36 bits per heavy atom. The van der Waals surface area contributed by atoms with Crippen molar-refractivity contribution < 1.29 is 14.3 Å². The Bertz CT molecular complexity index is 1010. The van der Waals surface area contributed by atoms with Crippen molar-refractivity contribution >= 4 is 35.0 Å². The van der Waals surface area contributed by atoms with Gasteiger partial charge in [0.2, 0.25) is 5.91 Å². The molecule has 6 heteroatoms. The van der Waals surface area contributed by atoms with Crippen LogP contribution in [0.5, 0.6) is 0 Å². The molecule has 0 spiro atoms. The van der Waals surface area contributed by atoms with Crippen LogP contribution in [0.3, 0.4) is 0 Å². The maximum absolute atomic E-state index is 12.2. The highest BCUT2D eigenvalue weighted by molar-refractivity contribution is 5.93. The summed E-state index contributed by atoms with van der Waals surface area (Å²) in [5.74, 6) is 0.682. The number of anilines is 3. The summed E-state index contributed by atoms with van der Waals surface area (Å²) in [6.45, 7) is 4.75. The maximum atomic E-state index is 12.2. The summed E-state index contributed by atoms with van der Waals surface area (Å²) < 4.78 is 4.55. The van der Waals surface area contributed by atoms with Gasteiger partial charge in [0, 0.05) is 56.2 Å². The number of amides is 1. The molecule has 0 aromatic heterocycles. The quantitative estimate of drug-likeness (QED) is 0.397. The van der Waals surface area contributed by atoms with Crippen LogP contribution in [-0.2, 0) is 14.3 Å². The summed E-state index contributed by atoms with van der Waals surface area (Å²) in [5.41, 5.74) is 4.25. The van der Waals surface area contributed by atoms with Gasteiger partial charge in [-0.3, -0.25) is 4.79 Å². The molecular weight excluding hydrogens is 450 g/mol. The number of nitrogens with zero attached hydrogens (tertiary/aromatic N) is 2. The van der Waals surface area contributed by atoms with Crippen LogP contribution in [0, 0.1) is 11.8 Å². The van der Waals surface area contributed by atoms with Gasteiger partial charge in [0.1, 0.15) is 0 Å². The Balaban J connectivity index is 0.000000212. The molecule has 1 aliphatic heterocycles. The number of hydrogen-bond acceptors (Lipinski definition) is 5. The van der Waals surface area contributed by atoms with Gasteiger partial charge >= 0.3 is 5.97 Å². The highest BCUT2D eigenvalue weighted by Crippen LogP contribution is 2.26. The molecule has 1 aliphatic carbocycles. The van der Waals surface area contributed by atoms with Gasteiger partial charge in [-0.2, -0.15) is 0 Å². The van der Waals surface area contributed by atoms with Gasteiger partial charge in [0.25, 0.3) is 0 Å². The minimum absolute atomic E-state index is 0.101. The number of carbonyl (C=O) groups is 2. The Morgan fingerprint density at radius 2 is 1.75 bits per heavy atom. The molecule has 6 nitrogen and oxygen atoms in total. The summed E-state index contributed by atoms with van der Waals surface area (Å²) in [4.78, 5) is 27.9. The summed E-state index contributed by atoms with van der Waals surface area (Å²) in [6, 6.07) is 16.3. The molecule has 2 aromatic rings. The van der Waals surface area contributed by atoms with E-state index in [1.54, 1.807) is 6.08 Å². The van der Waals surface area contributed by atoms with Crippen LogP contribution in [-0.4, -0.2) is 46.2 Å². The van der Waals surface area contributed by atoms with Crippen molar-refractivity contribution in [2.75, 3.05) is 49.4 Å². The Hall–Kier alpha value is -3.28. The van der Waals surface area contributed by atoms with Crippen molar-refractivity contribution in [1.82, 2.24) is 0 Å². The molecule has 36 heavy (non-hydrogen) atoms. The lowest BCUT2D eigenvalue weighted by atomic mass is 9.88. The van der Waals surface area contributed by atoms with Crippen molar-refractivity contribution in [3.8, 4) is 0 Å². The minimum Gasteiger partial charge on any atom is -0.466 e. The van der Waals surface area contributed by atoms with Crippen LogP contribution in [0.4, 0.5) is 17.1 Å². The fourth-order valence-corrected chi connectivity index (χ4v) is 4.69. The van der Waals surface area contributed by atoms with Crippen LogP contribution in [0.2, 0.25) is 0 Å². The number of methoxy groups -OCH3 is 1. The first-order valence-electron chi connectivity index (χ1n) is 13.0. The summed E-state index contributed by atoms with van der Waals surface area (Å²) >= 11 is 0. The van der Waals surface area contributed by atoms with Crippen LogP contribution < -0.4 is 15.1 Å². The molecule has 0 unspecified atom stereocenters. The fraction of sp³-hybridized carbons (Fsp3) is 0.467. The van der Waals surface area contributed by atoms with E-state index in [1.807, 2.05) is 24.3 Å². The second-order valence-electron chi connectivity index (χ2n) is 10.1. The highest BCUT2D eigenvalue weighted by atomic mass is 16.5. The van der Waals surface area contributed by atoms with Gasteiger partial charge < -0.3 is 19.9 Å². The third kappa shape index (κ3) is 8.43. The lowest BCUT2D eigenvalue weighted by molar-refractivity contribution is -0.134. The zero-order valence-corrected chi connectivity index (χ0v) is 22.2. The molecule has 0 radical (unpaired) electrons. The maximum Gasteiger partial charge on any atom is 0.330 e. The second kappa shape index (κ2) is 13.7. The molecule has 1 saturated heterocycles. The topological polar surface area (TPSA) is 61.9 Å². The average Bonchev–Trinajstić information content (AvgIpc) is 3.34. The van der Waals surface area contributed by atoms with Crippen molar-refractivity contribution in [2.24, 2.45) is 11.8 Å². The van der Waals surface area contributed by atoms with E-state index in [-0.39, 0.29) is 11.8 Å². The first kappa shape index (κ1) is 27.3. The summed E-state index contributed by atoms with van der Waals surface area (Å²) in [7, 11) is 5.49. The van der Waals surface area contributed by atoms with Crippen LogP contribution in [0.15, 0.2) is 54.6 Å². The largest absolute Gasteiger partial charge is 0.466 e. The average molecular weight is 492 g/mol. The standard InChI is InChI=1S/C17H21NO3.C13H20N2/c1-21-16(19)11-10-13-6-5-9-15(12-13)18-17(20)14-7-3-2-4-8-14;1-11-8-9-15(10-11)13-6-4-12(5-7-13)14(2)3/h5-6,9-12,14H,2-4,7-8H2,1H3,(H,18,20);4-7,11H,8-10H2,1-3H3/b11-10+;/t;11-/m.1/s1. The first-order valence-corrected chi connectivity index (χ1v) is 13.0. The fourth-order valence-electron chi connectivity index (χ4n) is 4.69. The Kier molecular flexibility index (Phi) is 10.4. The van der Waals surface area contributed by atoms with Gasteiger partial charge in [0.05, 0.1) is 7.11 Å². The molecule has 2 aromatic carbocycles. The number of benzene rings is 2. The van der Waals surface area contributed by atoms with E-state index in [0.29, 0.717) is 0 Å². The van der Waals surface area contributed by atoms with Crippen molar-refractivity contribution in [2.45, 2.75) is 45.4 Å². The van der Waals surface area contributed by atoms with E-state index in [1.165, 1.54) is 50.5 Å². The summed E-state index contributed by atoms with van der Waals surface area (Å²) in [6.07, 6.45) is 9.83. The normalized spacial score (nSPS) is 17.9. The monoisotopic (exact) mass is 491 g/mol. The van der Waals surface area contributed by atoms with Crippen LogP contribution in [0.25, 0.3) is 6.08 Å². The molecule has 1 heterocycles. The van der Waals surface area contributed by atoms with Gasteiger partial charge in [-0.25, -0.2) is 4.79 Å². The van der Waals surface area contributed by atoms with E-state index in [4.69, 9.17) is 0 Å². The van der Waals surface area contributed by atoms with E-state index < -0.39 is 5.97 Å². The Labute approximate surface area is 216 Å². The van der Waals surface area contributed by atoms with E-state index in [2.05, 4.69) is 65.1 Å². The minimum atomic E-state index is -0.397. The lowest BCUT2D eigenvalue weighted by Crippen LogP contribution is -2.24. The number of esters is 1. The molecule has 1 amide bonds. The lowest BCUT2D eigenvalue weighted by Gasteiger charge is -2.20. The van der Waals surface area contributed by atoms with Gasteiger partial charge in [-0.05, 0) is 73.2 Å². The molecule has 2 aliphatic rings. The Morgan fingerprint density at radius 1 is 1.03 bits per heavy atom. The molecule has 1 saturated carbocycles. The van der Waals surface area contributed by atoms with Gasteiger partial charge in [-0.15, -0.1) is 0 Å². The summed E-state index contributed by atoms with van der Waals surface area (Å²) in [5, 5.41) is 2.96. The zero-order chi connectivity index (χ0) is 25.9. The smallest absolute Gasteiger partial charge is 0.330 e. The predicted molar refractivity (Wildman–Crippen MR) is 149 cm³/mol. The van der Waals surface area contributed by atoms with Gasteiger partial charge in [-0.1, -0.05) is 38.3 Å². The predicted octanol–water partition coefficient (Wildman–Crippen LogP) is 5.99. The highest BCUT2D eigenvalue weighted by Gasteiger charge is 2.21.